The molecular formula is C41H60N6O5S2. The molecule has 0 aliphatic carbocycles. The number of hydrogen-bond donors (Lipinski definition) is 1. The van der Waals surface area contributed by atoms with E-state index >= 15 is 0 Å². The summed E-state index contributed by atoms with van der Waals surface area (Å²) in [4.78, 5) is 54.1. The van der Waals surface area contributed by atoms with E-state index in [4.69, 9.17) is 9.15 Å². The number of ether oxygens (including phenoxy) is 1. The summed E-state index contributed by atoms with van der Waals surface area (Å²) in [6, 6.07) is 8.72. The Kier molecular flexibility index (Phi) is 14.3. The molecule has 54 heavy (non-hydrogen) atoms. The number of oxazole rings is 1. The Bertz CT molecular complexity index is 1680. The van der Waals surface area contributed by atoms with Crippen molar-refractivity contribution in [2.45, 2.75) is 133 Å². The van der Waals surface area contributed by atoms with Crippen LogP contribution in [0.25, 0.3) is 0 Å². The van der Waals surface area contributed by atoms with Gasteiger partial charge >= 0.3 is 6.09 Å². The van der Waals surface area contributed by atoms with E-state index in [2.05, 4.69) is 72.1 Å². The Morgan fingerprint density at radius 3 is 2.30 bits per heavy atom. The standard InChI is InChI=1S/C41H60N6O5S2/c1-9-10-32(45(8)39(50)52-41(5,6)7)29-14-11-28(12-15-29)13-16-35(48)47-23-19-31(20-24-47)46-21-17-30(18-22-46)37(49)44-38-43-26-36(54-38)53-27-34-42-25-33(51-34)40(2,3)4/h11-12,14-15,25-26,30-32H,9-10,13,16-24,27H2,1-8H3,(H,43,44,49). The van der Waals surface area contributed by atoms with Crippen LogP contribution >= 0.6 is 23.1 Å². The molecule has 2 saturated heterocycles. The lowest BCUT2D eigenvalue weighted by molar-refractivity contribution is -0.133. The molecule has 296 valence electrons. The van der Waals surface area contributed by atoms with Crippen molar-refractivity contribution in [2.24, 2.45) is 5.92 Å². The van der Waals surface area contributed by atoms with E-state index in [9.17, 15) is 14.4 Å². The highest BCUT2D eigenvalue weighted by Gasteiger charge is 2.32. The number of carbonyl (C=O) groups is 3. The number of nitrogens with zero attached hydrogens (tertiary/aromatic N) is 5. The quantitative estimate of drug-likeness (QED) is 0.170. The number of rotatable bonds is 13. The van der Waals surface area contributed by atoms with Gasteiger partial charge in [-0.05, 0) is 83.5 Å². The summed E-state index contributed by atoms with van der Waals surface area (Å²) >= 11 is 3.09. The topological polar surface area (TPSA) is 121 Å². The first-order chi connectivity index (χ1) is 25.6. The molecule has 13 heteroatoms. The summed E-state index contributed by atoms with van der Waals surface area (Å²) in [5, 5.41) is 3.68. The Morgan fingerprint density at radius 1 is 1.00 bits per heavy atom. The van der Waals surface area contributed by atoms with E-state index in [1.165, 1.54) is 11.3 Å². The average Bonchev–Trinajstić information content (AvgIpc) is 3.81. The molecule has 2 aliphatic heterocycles. The van der Waals surface area contributed by atoms with Crippen LogP contribution < -0.4 is 5.32 Å². The zero-order valence-electron chi connectivity index (χ0n) is 33.5. The highest BCUT2D eigenvalue weighted by Crippen LogP contribution is 2.33. The number of aromatic nitrogens is 2. The van der Waals surface area contributed by atoms with Crippen molar-refractivity contribution in [3.05, 3.63) is 59.4 Å². The summed E-state index contributed by atoms with van der Waals surface area (Å²) in [5.74, 6) is 2.41. The molecule has 3 amide bonds. The number of aryl methyl sites for hydroxylation is 1. The first-order valence-corrected chi connectivity index (χ1v) is 21.3. The molecule has 11 nitrogen and oxygen atoms in total. The molecule has 5 rings (SSSR count). The van der Waals surface area contributed by atoms with Crippen molar-refractivity contribution in [2.75, 3.05) is 38.5 Å². The largest absolute Gasteiger partial charge is 0.444 e. The van der Waals surface area contributed by atoms with Crippen molar-refractivity contribution in [3.63, 3.8) is 0 Å². The first kappa shape index (κ1) is 41.7. The molecule has 1 aromatic carbocycles. The highest BCUT2D eigenvalue weighted by atomic mass is 32.2. The second kappa shape index (κ2) is 18.5. The number of thioether (sulfide) groups is 1. The fourth-order valence-corrected chi connectivity index (χ4v) is 8.82. The molecule has 3 aromatic rings. The minimum Gasteiger partial charge on any atom is -0.444 e. The summed E-state index contributed by atoms with van der Waals surface area (Å²) in [5.41, 5.74) is 1.58. The van der Waals surface area contributed by atoms with Crippen molar-refractivity contribution in [1.29, 1.82) is 0 Å². The molecule has 1 unspecified atom stereocenters. The number of amides is 3. The first-order valence-electron chi connectivity index (χ1n) is 19.5. The number of anilines is 1. The van der Waals surface area contributed by atoms with Gasteiger partial charge in [-0.3, -0.25) is 9.59 Å². The van der Waals surface area contributed by atoms with Gasteiger partial charge in [0.25, 0.3) is 0 Å². The number of nitrogens with one attached hydrogen (secondary N) is 1. The van der Waals surface area contributed by atoms with Crippen LogP contribution in [0.5, 0.6) is 0 Å². The van der Waals surface area contributed by atoms with Crippen LogP contribution in [0.4, 0.5) is 9.93 Å². The number of thiazole rings is 1. The maximum absolute atomic E-state index is 13.2. The minimum absolute atomic E-state index is 0.0245. The lowest BCUT2D eigenvalue weighted by atomic mass is 9.92. The average molecular weight is 781 g/mol. The van der Waals surface area contributed by atoms with Crippen LogP contribution in [-0.4, -0.2) is 87.4 Å². The molecule has 4 heterocycles. The van der Waals surface area contributed by atoms with Crippen LogP contribution in [0.2, 0.25) is 0 Å². The van der Waals surface area contributed by atoms with Gasteiger partial charge in [-0.1, -0.05) is 69.7 Å². The summed E-state index contributed by atoms with van der Waals surface area (Å²) in [6.07, 6.45) is 9.83. The lowest BCUT2D eigenvalue weighted by Crippen LogP contribution is -2.49. The van der Waals surface area contributed by atoms with Crippen LogP contribution in [0.3, 0.4) is 0 Å². The second-order valence-electron chi connectivity index (χ2n) is 16.7. The highest BCUT2D eigenvalue weighted by molar-refractivity contribution is 8.00. The van der Waals surface area contributed by atoms with Crippen LogP contribution in [0, 0.1) is 5.92 Å². The van der Waals surface area contributed by atoms with E-state index in [1.807, 2.05) is 25.7 Å². The summed E-state index contributed by atoms with van der Waals surface area (Å²) in [7, 11) is 1.80. The molecule has 2 fully saturated rings. The van der Waals surface area contributed by atoms with Crippen LogP contribution in [0.1, 0.15) is 122 Å². The molecule has 0 saturated carbocycles. The Labute approximate surface area is 330 Å². The van der Waals surface area contributed by atoms with Crippen LogP contribution in [0.15, 0.2) is 45.3 Å². The van der Waals surface area contributed by atoms with E-state index in [0.29, 0.717) is 35.7 Å². The predicted octanol–water partition coefficient (Wildman–Crippen LogP) is 8.70. The molecule has 0 radical (unpaired) electrons. The molecular weight excluding hydrogens is 721 g/mol. The van der Waals surface area contributed by atoms with Gasteiger partial charge in [0.2, 0.25) is 17.7 Å². The Hall–Kier alpha value is -3.42. The van der Waals surface area contributed by atoms with E-state index < -0.39 is 5.60 Å². The maximum Gasteiger partial charge on any atom is 0.410 e. The molecule has 1 N–H and O–H groups in total. The van der Waals surface area contributed by atoms with E-state index in [-0.39, 0.29) is 35.3 Å². The molecule has 2 aromatic heterocycles. The maximum atomic E-state index is 13.2. The van der Waals surface area contributed by atoms with Gasteiger partial charge in [0.15, 0.2) is 5.13 Å². The van der Waals surface area contributed by atoms with Crippen molar-refractivity contribution in [3.8, 4) is 0 Å². The molecule has 1 atom stereocenters. The molecule has 2 aliphatic rings. The van der Waals surface area contributed by atoms with E-state index in [1.54, 1.807) is 36.1 Å². The number of piperidine rings is 2. The fourth-order valence-electron chi connectivity index (χ4n) is 7.09. The van der Waals surface area contributed by atoms with Crippen molar-refractivity contribution >= 4 is 46.1 Å². The van der Waals surface area contributed by atoms with Gasteiger partial charge in [0, 0.05) is 43.9 Å². The van der Waals surface area contributed by atoms with E-state index in [0.717, 1.165) is 85.8 Å². The zero-order valence-corrected chi connectivity index (χ0v) is 35.1. The monoisotopic (exact) mass is 780 g/mol. The van der Waals surface area contributed by atoms with Gasteiger partial charge in [-0.15, -0.1) is 11.8 Å². The van der Waals surface area contributed by atoms with Crippen LogP contribution in [-0.2, 0) is 31.9 Å². The van der Waals surface area contributed by atoms with Crippen molar-refractivity contribution < 1.29 is 23.5 Å². The van der Waals surface area contributed by atoms with Gasteiger partial charge in [0.1, 0.15) is 11.4 Å². The minimum atomic E-state index is -0.544. The zero-order chi connectivity index (χ0) is 39.0. The number of carbonyl (C=O) groups excluding carboxylic acids is 3. The predicted molar refractivity (Wildman–Crippen MR) is 216 cm³/mol. The van der Waals surface area contributed by atoms with Crippen molar-refractivity contribution in [1.82, 2.24) is 24.7 Å². The lowest BCUT2D eigenvalue weighted by Gasteiger charge is -2.41. The fraction of sp³-hybridized carbons (Fsp3) is 0.634. The third-order valence-electron chi connectivity index (χ3n) is 10.3. The number of hydrogen-bond acceptors (Lipinski definition) is 10. The molecule has 0 bridgehead atoms. The van der Waals surface area contributed by atoms with Gasteiger partial charge in [0.05, 0.1) is 28.4 Å². The SMILES string of the molecule is CCCC(c1ccc(CCC(=O)N2CCC(N3CCC(C(=O)Nc4ncc(SCc5ncc(C(C)(C)C)o5)s4)CC3)CC2)cc1)N(C)C(=O)OC(C)(C)C. The number of likely N-dealkylation sites (tertiary alicyclic amines) is 2. The normalized spacial score (nSPS) is 17.0. The Balaban J connectivity index is 0.996. The van der Waals surface area contributed by atoms with Gasteiger partial charge in [-0.2, -0.15) is 0 Å². The van der Waals surface area contributed by atoms with Gasteiger partial charge < -0.3 is 29.2 Å². The summed E-state index contributed by atoms with van der Waals surface area (Å²) in [6.45, 7) is 17.4. The Morgan fingerprint density at radius 2 is 1.69 bits per heavy atom. The third kappa shape index (κ3) is 11.8. The smallest absolute Gasteiger partial charge is 0.410 e. The number of benzene rings is 1. The third-order valence-corrected chi connectivity index (χ3v) is 12.4. The second-order valence-corrected chi connectivity index (χ2v) is 19.0. The molecule has 0 spiro atoms. The van der Waals surface area contributed by atoms with Gasteiger partial charge in [-0.25, -0.2) is 14.8 Å². The summed E-state index contributed by atoms with van der Waals surface area (Å²) < 4.78 is 12.5.